The third kappa shape index (κ3) is 22.0. The van der Waals surface area contributed by atoms with Gasteiger partial charge in [0.15, 0.2) is 0 Å². The molecule has 0 saturated carbocycles. The van der Waals surface area contributed by atoms with Crippen LogP contribution < -0.4 is 9.63 Å². The SMILES string of the molecule is CCCCCCCCCCCCCCOc1ccc(CC(COP(=O)([O-])OCCC[N+](C)(C)C)CC(=O)CC)cc1. The highest BCUT2D eigenvalue weighted by atomic mass is 31.2. The molecule has 8 heteroatoms. The van der Waals surface area contributed by atoms with Gasteiger partial charge in [-0.25, -0.2) is 0 Å². The van der Waals surface area contributed by atoms with E-state index in [-0.39, 0.29) is 31.3 Å². The number of nitrogens with zero attached hydrogens (tertiary/aromatic N) is 1. The second kappa shape index (κ2) is 22.3. The van der Waals surface area contributed by atoms with Crippen molar-refractivity contribution in [1.29, 1.82) is 0 Å². The molecule has 2 unspecified atom stereocenters. The van der Waals surface area contributed by atoms with E-state index in [0.29, 0.717) is 25.9 Å². The van der Waals surface area contributed by atoms with Crippen molar-refractivity contribution in [3.05, 3.63) is 29.8 Å². The Labute approximate surface area is 251 Å². The van der Waals surface area contributed by atoms with Crippen LogP contribution >= 0.6 is 7.82 Å². The Morgan fingerprint density at radius 3 is 1.90 bits per heavy atom. The molecule has 2 atom stereocenters. The molecule has 0 aliphatic carbocycles. The molecule has 0 spiro atoms. The quantitative estimate of drug-likeness (QED) is 0.0582. The van der Waals surface area contributed by atoms with Crippen LogP contribution in [0.25, 0.3) is 0 Å². The van der Waals surface area contributed by atoms with Crippen molar-refractivity contribution < 1.29 is 32.5 Å². The lowest BCUT2D eigenvalue weighted by Crippen LogP contribution is -2.35. The summed E-state index contributed by atoms with van der Waals surface area (Å²) in [6, 6.07) is 7.87. The Bertz CT molecular complexity index is 839. The zero-order chi connectivity index (χ0) is 30.4. The summed E-state index contributed by atoms with van der Waals surface area (Å²) in [4.78, 5) is 24.4. The van der Waals surface area contributed by atoms with Crippen LogP contribution in [0.4, 0.5) is 0 Å². The van der Waals surface area contributed by atoms with Crippen LogP contribution in [0.15, 0.2) is 24.3 Å². The van der Waals surface area contributed by atoms with Gasteiger partial charge < -0.3 is 23.2 Å². The van der Waals surface area contributed by atoms with Crippen molar-refractivity contribution in [3.63, 3.8) is 0 Å². The number of unbranched alkanes of at least 4 members (excludes halogenated alkanes) is 11. The molecule has 0 aliphatic rings. The molecule has 41 heavy (non-hydrogen) atoms. The van der Waals surface area contributed by atoms with Gasteiger partial charge in [-0.15, -0.1) is 0 Å². The van der Waals surface area contributed by atoms with Gasteiger partial charge in [0.1, 0.15) is 11.5 Å². The maximum Gasteiger partial charge on any atom is 0.267 e. The van der Waals surface area contributed by atoms with E-state index in [4.69, 9.17) is 13.8 Å². The highest BCUT2D eigenvalue weighted by Gasteiger charge is 2.19. The molecular weight excluding hydrogens is 537 g/mol. The van der Waals surface area contributed by atoms with E-state index in [0.717, 1.165) is 28.8 Å². The van der Waals surface area contributed by atoms with Crippen molar-refractivity contribution in [1.82, 2.24) is 0 Å². The molecule has 0 radical (unpaired) electrons. The van der Waals surface area contributed by atoms with Crippen molar-refractivity contribution in [3.8, 4) is 5.75 Å². The van der Waals surface area contributed by atoms with E-state index in [9.17, 15) is 14.3 Å². The first-order valence-corrected chi connectivity index (χ1v) is 17.6. The first kappa shape index (κ1) is 37.8. The number of carbonyl (C=O) groups is 1. The van der Waals surface area contributed by atoms with E-state index in [1.165, 1.54) is 70.6 Å². The number of hydrogen-bond acceptors (Lipinski definition) is 6. The first-order chi connectivity index (χ1) is 19.5. The molecule has 0 fully saturated rings. The zero-order valence-corrected chi connectivity index (χ0v) is 27.8. The maximum absolute atomic E-state index is 12.3. The number of phosphoric acid groups is 1. The van der Waals surface area contributed by atoms with Gasteiger partial charge in [0.25, 0.3) is 7.82 Å². The average molecular weight is 598 g/mol. The summed E-state index contributed by atoms with van der Waals surface area (Å²) < 4.78 is 29.1. The highest BCUT2D eigenvalue weighted by molar-refractivity contribution is 7.45. The monoisotopic (exact) mass is 597 g/mol. The predicted octanol–water partition coefficient (Wildman–Crippen LogP) is 7.89. The molecule has 7 nitrogen and oxygen atoms in total. The van der Waals surface area contributed by atoms with Crippen LogP contribution in [0.3, 0.4) is 0 Å². The summed E-state index contributed by atoms with van der Waals surface area (Å²) in [5.41, 5.74) is 1.02. The van der Waals surface area contributed by atoms with Crippen molar-refractivity contribution in [2.45, 2.75) is 117 Å². The molecule has 1 rings (SSSR count). The Morgan fingerprint density at radius 1 is 0.805 bits per heavy atom. The van der Waals surface area contributed by atoms with Crippen LogP contribution in [0, 0.1) is 5.92 Å². The van der Waals surface area contributed by atoms with Gasteiger partial charge in [0.05, 0.1) is 47.5 Å². The number of Topliss-reactive ketones (excluding diaryl/α,β-unsaturated/α-hetero) is 1. The molecule has 0 amide bonds. The highest BCUT2D eigenvalue weighted by Crippen LogP contribution is 2.39. The fourth-order valence-corrected chi connectivity index (χ4v) is 5.61. The van der Waals surface area contributed by atoms with Crippen molar-refractivity contribution in [2.24, 2.45) is 5.92 Å². The van der Waals surface area contributed by atoms with E-state index in [1.807, 2.05) is 52.3 Å². The van der Waals surface area contributed by atoms with Gasteiger partial charge in [-0.2, -0.15) is 0 Å². The molecule has 0 bridgehead atoms. The minimum atomic E-state index is -4.41. The summed E-state index contributed by atoms with van der Waals surface area (Å²) in [5.74, 6) is 0.679. The summed E-state index contributed by atoms with van der Waals surface area (Å²) in [7, 11) is 1.71. The zero-order valence-electron chi connectivity index (χ0n) is 26.9. The number of quaternary nitrogens is 1. The second-order valence-corrected chi connectivity index (χ2v) is 13.9. The minimum Gasteiger partial charge on any atom is -0.756 e. The maximum atomic E-state index is 12.3. The van der Waals surface area contributed by atoms with Crippen LogP contribution in [-0.4, -0.2) is 57.8 Å². The molecular formula is C33H60NO6P. The number of hydrogen-bond donors (Lipinski definition) is 0. The van der Waals surface area contributed by atoms with E-state index < -0.39 is 7.82 Å². The van der Waals surface area contributed by atoms with Crippen LogP contribution in [0.1, 0.15) is 116 Å². The predicted molar refractivity (Wildman–Crippen MR) is 167 cm³/mol. The Hall–Kier alpha value is -1.24. The molecule has 238 valence electrons. The summed E-state index contributed by atoms with van der Waals surface area (Å²) in [6.07, 6.45) is 17.7. The van der Waals surface area contributed by atoms with Gasteiger partial charge >= 0.3 is 0 Å². The fourth-order valence-electron chi connectivity index (χ4n) is 4.79. The summed E-state index contributed by atoms with van der Waals surface area (Å²) in [6.45, 7) is 5.62. The van der Waals surface area contributed by atoms with Crippen LogP contribution in [0.5, 0.6) is 5.75 Å². The normalized spacial score (nSPS) is 14.1. The number of rotatable bonds is 27. The van der Waals surface area contributed by atoms with Gasteiger partial charge in [0, 0.05) is 19.3 Å². The third-order valence-electron chi connectivity index (χ3n) is 7.32. The molecule has 1 aromatic carbocycles. The van der Waals surface area contributed by atoms with E-state index in [2.05, 4.69) is 6.92 Å². The van der Waals surface area contributed by atoms with Crippen molar-refractivity contribution in [2.75, 3.05) is 47.5 Å². The lowest BCUT2D eigenvalue weighted by Gasteiger charge is -2.27. The van der Waals surface area contributed by atoms with Gasteiger partial charge in [-0.3, -0.25) is 9.36 Å². The topological polar surface area (TPSA) is 84.9 Å². The number of benzene rings is 1. The first-order valence-electron chi connectivity index (χ1n) is 16.2. The minimum absolute atomic E-state index is 0.0704. The van der Waals surface area contributed by atoms with Gasteiger partial charge in [0.2, 0.25) is 0 Å². The lowest BCUT2D eigenvalue weighted by atomic mass is 9.94. The number of ketones is 1. The smallest absolute Gasteiger partial charge is 0.267 e. The molecule has 0 saturated heterocycles. The second-order valence-electron chi connectivity index (χ2n) is 12.5. The van der Waals surface area contributed by atoms with E-state index in [1.54, 1.807) is 0 Å². The largest absolute Gasteiger partial charge is 0.756 e. The van der Waals surface area contributed by atoms with E-state index >= 15 is 0 Å². The molecule has 0 aromatic heterocycles. The van der Waals surface area contributed by atoms with Gasteiger partial charge in [-0.05, 0) is 36.5 Å². The number of ether oxygens (including phenoxy) is 1. The van der Waals surface area contributed by atoms with Crippen molar-refractivity contribution >= 4 is 13.6 Å². The van der Waals surface area contributed by atoms with Crippen LogP contribution in [0.2, 0.25) is 0 Å². The Kier molecular flexibility index (Phi) is 20.6. The Morgan fingerprint density at radius 2 is 1.37 bits per heavy atom. The molecule has 0 heterocycles. The Balaban J connectivity index is 2.33. The summed E-state index contributed by atoms with van der Waals surface area (Å²) in [5, 5.41) is 0. The molecule has 0 aliphatic heterocycles. The standard InChI is InChI=1S/C33H60NO6P/c1-6-8-9-10-11-12-13-14-15-16-17-18-25-38-33-22-20-30(21-23-33)27-31(28-32(35)7-2)29-40-41(36,37)39-26-19-24-34(3,4)5/h20-23,31H,6-19,24-29H2,1-5H3. The summed E-state index contributed by atoms with van der Waals surface area (Å²) >= 11 is 0. The fraction of sp³-hybridized carbons (Fsp3) is 0.788. The van der Waals surface area contributed by atoms with Crippen LogP contribution in [-0.2, 0) is 24.8 Å². The third-order valence-corrected chi connectivity index (χ3v) is 8.28. The van der Waals surface area contributed by atoms with Gasteiger partial charge in [-0.1, -0.05) is 96.6 Å². The lowest BCUT2D eigenvalue weighted by molar-refractivity contribution is -0.870. The molecule has 1 aromatic rings. The molecule has 0 N–H and O–H groups in total. The average Bonchev–Trinajstić information content (AvgIpc) is 2.92. The number of carbonyl (C=O) groups excluding carboxylic acids is 1. The number of phosphoric ester groups is 1.